The van der Waals surface area contributed by atoms with Crippen LogP contribution in [0.2, 0.25) is 0 Å². The lowest BCUT2D eigenvalue weighted by atomic mass is 10.1. The van der Waals surface area contributed by atoms with Gasteiger partial charge in [0, 0.05) is 4.47 Å². The summed E-state index contributed by atoms with van der Waals surface area (Å²) in [4.78, 5) is 11.2. The first-order chi connectivity index (χ1) is 8.78. The molecule has 1 heterocycles. The number of benzene rings is 1. The van der Waals surface area contributed by atoms with E-state index in [4.69, 9.17) is 4.74 Å². The van der Waals surface area contributed by atoms with E-state index in [1.807, 2.05) is 0 Å². The Morgan fingerprint density at radius 2 is 2.16 bits per heavy atom. The van der Waals surface area contributed by atoms with Gasteiger partial charge in [0.05, 0.1) is 11.5 Å². The monoisotopic (exact) mass is 348 g/mol. The van der Waals surface area contributed by atoms with Gasteiger partial charge in [-0.25, -0.2) is 13.2 Å². The van der Waals surface area contributed by atoms with Crippen LogP contribution in [0.25, 0.3) is 0 Å². The molecular weight excluding hydrogens is 336 g/mol. The number of aryl methyl sites for hydroxylation is 1. The SMILES string of the molecule is Cc1cc(Br)cc(C(=O)O)c1OC1CCS(=O)(=O)C1. The number of hydrogen-bond donors (Lipinski definition) is 1. The Bertz CT molecular complexity index is 623. The van der Waals surface area contributed by atoms with E-state index in [1.54, 1.807) is 13.0 Å². The van der Waals surface area contributed by atoms with Gasteiger partial charge in [-0.2, -0.15) is 0 Å². The van der Waals surface area contributed by atoms with Crippen LogP contribution >= 0.6 is 15.9 Å². The molecule has 1 fully saturated rings. The predicted molar refractivity (Wildman–Crippen MR) is 73.5 cm³/mol. The predicted octanol–water partition coefficient (Wildman–Crippen LogP) is 2.02. The first-order valence-electron chi connectivity index (χ1n) is 5.69. The van der Waals surface area contributed by atoms with E-state index in [0.29, 0.717) is 16.5 Å². The van der Waals surface area contributed by atoms with E-state index in [1.165, 1.54) is 6.07 Å². The number of hydrogen-bond acceptors (Lipinski definition) is 4. The molecule has 0 radical (unpaired) electrons. The van der Waals surface area contributed by atoms with Crippen LogP contribution in [0.15, 0.2) is 16.6 Å². The summed E-state index contributed by atoms with van der Waals surface area (Å²) in [7, 11) is -3.05. The van der Waals surface area contributed by atoms with Crippen molar-refractivity contribution >= 4 is 31.7 Å². The molecule has 0 bridgehead atoms. The number of carbonyl (C=O) groups is 1. The summed E-state index contributed by atoms with van der Waals surface area (Å²) < 4.78 is 29.0. The zero-order chi connectivity index (χ0) is 14.2. The lowest BCUT2D eigenvalue weighted by Crippen LogP contribution is -2.20. The van der Waals surface area contributed by atoms with Crippen LogP contribution in [0.4, 0.5) is 0 Å². The molecule has 1 aliphatic rings. The van der Waals surface area contributed by atoms with Crippen molar-refractivity contribution in [2.24, 2.45) is 0 Å². The quantitative estimate of drug-likeness (QED) is 0.903. The fourth-order valence-corrected chi connectivity index (χ4v) is 4.23. The number of rotatable bonds is 3. The lowest BCUT2D eigenvalue weighted by Gasteiger charge is -2.16. The molecule has 1 aliphatic heterocycles. The molecule has 5 nitrogen and oxygen atoms in total. The second-order valence-electron chi connectivity index (χ2n) is 4.55. The number of aromatic carboxylic acids is 1. The molecule has 0 aliphatic carbocycles. The van der Waals surface area contributed by atoms with Crippen LogP contribution in [0.1, 0.15) is 22.3 Å². The van der Waals surface area contributed by atoms with E-state index < -0.39 is 21.9 Å². The summed E-state index contributed by atoms with van der Waals surface area (Å²) in [6, 6.07) is 3.19. The number of sulfone groups is 1. The molecular formula is C12H13BrO5S. The number of ether oxygens (including phenoxy) is 1. The number of carboxylic acid groups (broad SMARTS) is 1. The Morgan fingerprint density at radius 1 is 1.47 bits per heavy atom. The third-order valence-corrected chi connectivity index (χ3v) is 5.14. The van der Waals surface area contributed by atoms with Gasteiger partial charge in [0.25, 0.3) is 0 Å². The second kappa shape index (κ2) is 5.13. The molecule has 1 aromatic carbocycles. The van der Waals surface area contributed by atoms with Crippen molar-refractivity contribution in [2.45, 2.75) is 19.4 Å². The van der Waals surface area contributed by atoms with Gasteiger partial charge in [-0.1, -0.05) is 15.9 Å². The van der Waals surface area contributed by atoms with Crippen molar-refractivity contribution in [1.29, 1.82) is 0 Å². The van der Waals surface area contributed by atoms with Gasteiger partial charge < -0.3 is 9.84 Å². The summed E-state index contributed by atoms with van der Waals surface area (Å²) in [6.07, 6.45) is -0.0698. The van der Waals surface area contributed by atoms with Gasteiger partial charge in [-0.15, -0.1) is 0 Å². The van der Waals surface area contributed by atoms with Crippen molar-refractivity contribution in [1.82, 2.24) is 0 Å². The summed E-state index contributed by atoms with van der Waals surface area (Å²) in [5, 5.41) is 9.17. The molecule has 0 amide bonds. The van der Waals surface area contributed by atoms with Gasteiger partial charge in [-0.3, -0.25) is 0 Å². The Balaban J connectivity index is 2.32. The molecule has 1 unspecified atom stereocenters. The third-order valence-electron chi connectivity index (χ3n) is 2.94. The Labute approximate surface area is 119 Å². The van der Waals surface area contributed by atoms with Crippen molar-refractivity contribution in [3.8, 4) is 5.75 Å². The van der Waals surface area contributed by atoms with E-state index in [2.05, 4.69) is 15.9 Å². The highest BCUT2D eigenvalue weighted by Gasteiger charge is 2.30. The summed E-state index contributed by atoms with van der Waals surface area (Å²) in [5.41, 5.74) is 0.701. The standard InChI is InChI=1S/C12H13BrO5S/c1-7-4-8(13)5-10(12(14)15)11(7)18-9-2-3-19(16,17)6-9/h4-5,9H,2-3,6H2,1H3,(H,14,15). The first-order valence-corrected chi connectivity index (χ1v) is 8.30. The van der Waals surface area contributed by atoms with Gasteiger partial charge >= 0.3 is 5.97 Å². The van der Waals surface area contributed by atoms with Gasteiger partial charge in [0.1, 0.15) is 17.4 Å². The molecule has 1 atom stereocenters. The number of carboxylic acids is 1. The maximum Gasteiger partial charge on any atom is 0.339 e. The maximum absolute atomic E-state index is 11.4. The minimum atomic E-state index is -3.05. The molecule has 19 heavy (non-hydrogen) atoms. The minimum Gasteiger partial charge on any atom is -0.488 e. The lowest BCUT2D eigenvalue weighted by molar-refractivity contribution is 0.0689. The van der Waals surface area contributed by atoms with Crippen molar-refractivity contribution in [2.75, 3.05) is 11.5 Å². The summed E-state index contributed by atoms with van der Waals surface area (Å²) in [5.74, 6) is -0.810. The van der Waals surface area contributed by atoms with Crippen LogP contribution in [-0.2, 0) is 9.84 Å². The average molecular weight is 349 g/mol. The van der Waals surface area contributed by atoms with Gasteiger partial charge in [0.2, 0.25) is 0 Å². The fraction of sp³-hybridized carbons (Fsp3) is 0.417. The van der Waals surface area contributed by atoms with Crippen LogP contribution in [-0.4, -0.2) is 37.1 Å². The highest BCUT2D eigenvalue weighted by atomic mass is 79.9. The van der Waals surface area contributed by atoms with Crippen LogP contribution < -0.4 is 4.74 Å². The van der Waals surface area contributed by atoms with Crippen molar-refractivity contribution < 1.29 is 23.1 Å². The second-order valence-corrected chi connectivity index (χ2v) is 7.69. The zero-order valence-electron chi connectivity index (χ0n) is 10.2. The van der Waals surface area contributed by atoms with Crippen LogP contribution in [0.5, 0.6) is 5.75 Å². The molecule has 0 saturated carbocycles. The van der Waals surface area contributed by atoms with Crippen LogP contribution in [0.3, 0.4) is 0 Å². The van der Waals surface area contributed by atoms with Gasteiger partial charge in [0.15, 0.2) is 9.84 Å². The van der Waals surface area contributed by atoms with Crippen molar-refractivity contribution in [3.63, 3.8) is 0 Å². The molecule has 0 spiro atoms. The Kier molecular flexibility index (Phi) is 3.87. The largest absolute Gasteiger partial charge is 0.488 e. The molecule has 1 N–H and O–H groups in total. The zero-order valence-corrected chi connectivity index (χ0v) is 12.6. The topological polar surface area (TPSA) is 80.7 Å². The van der Waals surface area contributed by atoms with Crippen LogP contribution in [0, 0.1) is 6.92 Å². The average Bonchev–Trinajstić information content (AvgIpc) is 2.61. The summed E-state index contributed by atoms with van der Waals surface area (Å²) >= 11 is 3.23. The van der Waals surface area contributed by atoms with E-state index in [-0.39, 0.29) is 22.8 Å². The molecule has 2 rings (SSSR count). The highest BCUT2D eigenvalue weighted by molar-refractivity contribution is 9.10. The van der Waals surface area contributed by atoms with Crippen molar-refractivity contribution in [3.05, 3.63) is 27.7 Å². The molecule has 1 aromatic rings. The minimum absolute atomic E-state index is 0.0381. The fourth-order valence-electron chi connectivity index (χ4n) is 2.07. The molecule has 0 aromatic heterocycles. The maximum atomic E-state index is 11.4. The Hall–Kier alpha value is -1.08. The Morgan fingerprint density at radius 3 is 2.68 bits per heavy atom. The first kappa shape index (κ1) is 14.3. The summed E-state index contributed by atoms with van der Waals surface area (Å²) in [6.45, 7) is 1.73. The highest BCUT2D eigenvalue weighted by Crippen LogP contribution is 2.30. The molecule has 104 valence electrons. The molecule has 7 heteroatoms. The number of halogens is 1. The van der Waals surface area contributed by atoms with E-state index in [0.717, 1.165) is 0 Å². The molecule has 1 saturated heterocycles. The normalized spacial score (nSPS) is 21.3. The third kappa shape index (κ3) is 3.27. The van der Waals surface area contributed by atoms with E-state index in [9.17, 15) is 18.3 Å². The van der Waals surface area contributed by atoms with E-state index >= 15 is 0 Å². The smallest absolute Gasteiger partial charge is 0.339 e. The van der Waals surface area contributed by atoms with Gasteiger partial charge in [-0.05, 0) is 31.0 Å².